The van der Waals surface area contributed by atoms with Gasteiger partial charge in [-0.1, -0.05) is 64.8 Å². The number of aryl methyl sites for hydroxylation is 1. The van der Waals surface area contributed by atoms with Gasteiger partial charge in [-0.2, -0.15) is 0 Å². The molecule has 0 N–H and O–H groups in total. The first-order valence-corrected chi connectivity index (χ1v) is 11.4. The van der Waals surface area contributed by atoms with E-state index in [1.165, 1.54) is 4.68 Å². The van der Waals surface area contributed by atoms with Crippen LogP contribution in [0.3, 0.4) is 0 Å². The first kappa shape index (κ1) is 23.5. The highest BCUT2D eigenvalue weighted by atomic mass is 35.5. The normalized spacial score (nSPS) is 11.5. The van der Waals surface area contributed by atoms with Crippen LogP contribution in [0.15, 0.2) is 82.4 Å². The lowest BCUT2D eigenvalue weighted by Gasteiger charge is -2.07. The number of ether oxygens (including phenoxy) is 1. The van der Waals surface area contributed by atoms with Gasteiger partial charge in [-0.25, -0.2) is 4.68 Å². The third-order valence-electron chi connectivity index (χ3n) is 4.89. The lowest BCUT2D eigenvalue weighted by Crippen LogP contribution is -2.12. The summed E-state index contributed by atoms with van der Waals surface area (Å²) in [5, 5.41) is 24.8. The maximum atomic E-state index is 6.45. The van der Waals surface area contributed by atoms with Gasteiger partial charge in [0.15, 0.2) is 12.3 Å². The summed E-state index contributed by atoms with van der Waals surface area (Å²) < 4.78 is 13.0. The van der Waals surface area contributed by atoms with Crippen molar-refractivity contribution in [3.05, 3.63) is 100 Å². The average molecular weight is 522 g/mol. The second kappa shape index (κ2) is 10.5. The number of oxime groups is 1. The highest BCUT2D eigenvalue weighted by Gasteiger charge is 2.16. The molecule has 0 amide bonds. The molecule has 3 aromatic carbocycles. The van der Waals surface area contributed by atoms with Crippen molar-refractivity contribution in [3.8, 4) is 23.0 Å². The smallest absolute Gasteiger partial charge is 0.257 e. The molecule has 5 aromatic rings. The van der Waals surface area contributed by atoms with Gasteiger partial charge >= 0.3 is 0 Å². The van der Waals surface area contributed by atoms with E-state index in [0.717, 1.165) is 5.56 Å². The van der Waals surface area contributed by atoms with E-state index >= 15 is 0 Å². The zero-order valence-electron chi connectivity index (χ0n) is 18.7. The van der Waals surface area contributed by atoms with E-state index in [0.29, 0.717) is 38.6 Å². The van der Waals surface area contributed by atoms with Crippen LogP contribution in [0.1, 0.15) is 17.3 Å². The fraction of sp³-hybridized carbons (Fsp3) is 0.0833. The van der Waals surface area contributed by atoms with E-state index < -0.39 is 0 Å². The van der Waals surface area contributed by atoms with Gasteiger partial charge in [-0.3, -0.25) is 0 Å². The average Bonchev–Trinajstić information content (AvgIpc) is 3.52. The molecular formula is C24H17Cl2N7O3. The molecule has 0 aliphatic rings. The van der Waals surface area contributed by atoms with Gasteiger partial charge in [-0.05, 0) is 40.8 Å². The van der Waals surface area contributed by atoms with Crippen molar-refractivity contribution in [2.24, 2.45) is 12.2 Å². The van der Waals surface area contributed by atoms with Crippen LogP contribution in [0.2, 0.25) is 10.0 Å². The van der Waals surface area contributed by atoms with Crippen LogP contribution < -0.4 is 4.74 Å². The fourth-order valence-corrected chi connectivity index (χ4v) is 3.65. The minimum Gasteiger partial charge on any atom is -0.457 e. The Bertz CT molecular complexity index is 1520. The molecule has 2 aromatic heterocycles. The number of halogens is 2. The fourth-order valence-electron chi connectivity index (χ4n) is 3.22. The lowest BCUT2D eigenvalue weighted by molar-refractivity contribution is 0.111. The van der Waals surface area contributed by atoms with E-state index in [1.807, 2.05) is 30.3 Å². The van der Waals surface area contributed by atoms with Crippen molar-refractivity contribution in [1.29, 1.82) is 0 Å². The minimum absolute atomic E-state index is 0.0673. The Morgan fingerprint density at radius 3 is 2.53 bits per heavy atom. The molecule has 180 valence electrons. The predicted octanol–water partition coefficient (Wildman–Crippen LogP) is 5.33. The molecular weight excluding hydrogens is 505 g/mol. The van der Waals surface area contributed by atoms with Crippen LogP contribution in [0.25, 0.3) is 11.5 Å². The first-order valence-electron chi connectivity index (χ1n) is 10.6. The Morgan fingerprint density at radius 2 is 1.78 bits per heavy atom. The summed E-state index contributed by atoms with van der Waals surface area (Å²) >= 11 is 12.5. The molecule has 10 nitrogen and oxygen atoms in total. The summed E-state index contributed by atoms with van der Waals surface area (Å²) in [7, 11) is 1.72. The zero-order valence-corrected chi connectivity index (χ0v) is 20.3. The van der Waals surface area contributed by atoms with E-state index in [4.69, 9.17) is 37.2 Å². The lowest BCUT2D eigenvalue weighted by atomic mass is 10.1. The first-order chi connectivity index (χ1) is 17.6. The largest absolute Gasteiger partial charge is 0.457 e. The van der Waals surface area contributed by atoms with Crippen molar-refractivity contribution >= 4 is 28.9 Å². The topological polar surface area (TPSA) is 113 Å². The number of hydrogen-bond acceptors (Lipinski definition) is 9. The van der Waals surface area contributed by atoms with Crippen LogP contribution in [0, 0.1) is 0 Å². The minimum atomic E-state index is -0.0673. The maximum Gasteiger partial charge on any atom is 0.257 e. The molecule has 12 heteroatoms. The number of benzene rings is 3. The molecule has 0 unspecified atom stereocenters. The van der Waals surface area contributed by atoms with Gasteiger partial charge in [0, 0.05) is 23.7 Å². The van der Waals surface area contributed by atoms with E-state index in [1.54, 1.807) is 49.5 Å². The molecule has 0 spiro atoms. The van der Waals surface area contributed by atoms with Crippen LogP contribution in [0.4, 0.5) is 0 Å². The molecule has 0 fully saturated rings. The van der Waals surface area contributed by atoms with Gasteiger partial charge in [-0.15, -0.1) is 15.3 Å². The zero-order chi connectivity index (χ0) is 24.9. The molecule has 0 aliphatic carbocycles. The number of nitrogens with zero attached hydrogens (tertiary/aromatic N) is 7. The molecule has 0 saturated heterocycles. The van der Waals surface area contributed by atoms with Crippen molar-refractivity contribution in [2.75, 3.05) is 0 Å². The van der Waals surface area contributed by atoms with Crippen molar-refractivity contribution < 1.29 is 14.0 Å². The molecule has 36 heavy (non-hydrogen) atoms. The van der Waals surface area contributed by atoms with Crippen LogP contribution in [0.5, 0.6) is 11.5 Å². The highest BCUT2D eigenvalue weighted by molar-refractivity contribution is 6.33. The van der Waals surface area contributed by atoms with Gasteiger partial charge in [0.25, 0.3) is 5.89 Å². The number of aromatic nitrogens is 6. The number of rotatable bonds is 8. The van der Waals surface area contributed by atoms with Gasteiger partial charge in [0.1, 0.15) is 11.5 Å². The molecule has 0 atom stereocenters. The second-order valence-electron chi connectivity index (χ2n) is 7.41. The summed E-state index contributed by atoms with van der Waals surface area (Å²) in [5.41, 5.74) is 1.79. The van der Waals surface area contributed by atoms with E-state index in [9.17, 15) is 0 Å². The molecule has 2 heterocycles. The predicted molar refractivity (Wildman–Crippen MR) is 132 cm³/mol. The summed E-state index contributed by atoms with van der Waals surface area (Å²) in [5.74, 6) is 2.02. The maximum absolute atomic E-state index is 6.45. The Labute approximate surface area is 215 Å². The van der Waals surface area contributed by atoms with Crippen LogP contribution in [-0.2, 0) is 18.5 Å². The van der Waals surface area contributed by atoms with Crippen LogP contribution >= 0.6 is 23.2 Å². The Balaban J connectivity index is 1.30. The summed E-state index contributed by atoms with van der Waals surface area (Å²) in [6.07, 6.45) is 0. The van der Waals surface area contributed by atoms with E-state index in [-0.39, 0.29) is 18.4 Å². The van der Waals surface area contributed by atoms with E-state index in [2.05, 4.69) is 30.9 Å². The number of hydrogen-bond donors (Lipinski definition) is 0. The standard InChI is InChI=1S/C24H17Cl2N7O3/c1-33-23(28-31-32-33)22(15-6-3-2-4-7-15)30-34-14-21-27-29-24(36-21)19-11-10-18(13-20(19)26)35-17-9-5-8-16(25)12-17/h2-13H,14H2,1H3/b30-22-. The SMILES string of the molecule is Cn1nnnc1/C(=N\OCc1nnc(-c2ccc(Oc3cccc(Cl)c3)cc2Cl)o1)c1ccccc1. The van der Waals surface area contributed by atoms with Gasteiger partial charge < -0.3 is 14.0 Å². The molecule has 0 saturated carbocycles. The van der Waals surface area contributed by atoms with Crippen molar-refractivity contribution in [3.63, 3.8) is 0 Å². The van der Waals surface area contributed by atoms with Crippen LogP contribution in [-0.4, -0.2) is 36.1 Å². The molecule has 0 bridgehead atoms. The Morgan fingerprint density at radius 1 is 0.944 bits per heavy atom. The van der Waals surface area contributed by atoms with Crippen molar-refractivity contribution in [2.45, 2.75) is 6.61 Å². The second-order valence-corrected chi connectivity index (χ2v) is 8.25. The summed E-state index contributed by atoms with van der Waals surface area (Å²) in [4.78, 5) is 5.51. The Kier molecular flexibility index (Phi) is 6.87. The third kappa shape index (κ3) is 5.35. The Hall–Kier alpha value is -4.28. The monoisotopic (exact) mass is 521 g/mol. The molecule has 0 aliphatic heterocycles. The molecule has 0 radical (unpaired) electrons. The summed E-state index contributed by atoms with van der Waals surface area (Å²) in [6.45, 7) is -0.0673. The number of tetrazole rings is 1. The highest BCUT2D eigenvalue weighted by Crippen LogP contribution is 2.33. The van der Waals surface area contributed by atoms with Gasteiger partial charge in [0.2, 0.25) is 11.7 Å². The molecule has 5 rings (SSSR count). The van der Waals surface area contributed by atoms with Gasteiger partial charge in [0.05, 0.1) is 10.6 Å². The summed E-state index contributed by atoms with van der Waals surface area (Å²) in [6, 6.07) is 21.6. The quantitative estimate of drug-likeness (QED) is 0.199. The van der Waals surface area contributed by atoms with Crippen molar-refractivity contribution in [1.82, 2.24) is 30.4 Å². The third-order valence-corrected chi connectivity index (χ3v) is 5.44.